The van der Waals surface area contributed by atoms with Crippen LogP contribution in [0.2, 0.25) is 0 Å². The number of aryl methyl sites for hydroxylation is 1. The monoisotopic (exact) mass is 475 g/mol. The number of rotatable bonds is 8. The number of nitrogens with zero attached hydrogens (tertiary/aromatic N) is 1. The number of benzene rings is 2. The first-order valence-corrected chi connectivity index (χ1v) is 9.77. The minimum Gasteiger partial charge on any atom is -0.483 e. The van der Waals surface area contributed by atoms with Crippen LogP contribution in [0, 0.1) is 6.92 Å². The summed E-state index contributed by atoms with van der Waals surface area (Å²) in [5, 5.41) is 6.55. The number of halogens is 1. The van der Waals surface area contributed by atoms with Crippen LogP contribution in [0.3, 0.4) is 0 Å². The Balaban J connectivity index is 1.85. The SMILES string of the molecule is COC(=O)c1ccccc1NC(=O)CC(C)=NNC(=O)COc1ccc(Br)cc1C. The van der Waals surface area contributed by atoms with Crippen LogP contribution in [-0.2, 0) is 14.3 Å². The van der Waals surface area contributed by atoms with Crippen molar-refractivity contribution in [2.24, 2.45) is 5.10 Å². The number of para-hydroxylation sites is 1. The topological polar surface area (TPSA) is 106 Å². The van der Waals surface area contributed by atoms with E-state index in [2.05, 4.69) is 31.8 Å². The summed E-state index contributed by atoms with van der Waals surface area (Å²) in [6, 6.07) is 12.0. The highest BCUT2D eigenvalue weighted by Crippen LogP contribution is 2.22. The Kier molecular flexibility index (Phi) is 8.54. The van der Waals surface area contributed by atoms with E-state index in [9.17, 15) is 14.4 Å². The van der Waals surface area contributed by atoms with Crippen molar-refractivity contribution in [1.29, 1.82) is 0 Å². The number of esters is 1. The van der Waals surface area contributed by atoms with Crippen LogP contribution >= 0.6 is 15.9 Å². The van der Waals surface area contributed by atoms with Gasteiger partial charge in [0, 0.05) is 10.2 Å². The summed E-state index contributed by atoms with van der Waals surface area (Å²) >= 11 is 3.36. The first-order chi connectivity index (χ1) is 14.3. The van der Waals surface area contributed by atoms with Crippen molar-refractivity contribution >= 4 is 45.1 Å². The summed E-state index contributed by atoms with van der Waals surface area (Å²) in [6.07, 6.45) is -0.0670. The van der Waals surface area contributed by atoms with Gasteiger partial charge >= 0.3 is 5.97 Å². The molecule has 2 amide bonds. The van der Waals surface area contributed by atoms with Crippen LogP contribution in [0.5, 0.6) is 5.75 Å². The van der Waals surface area contributed by atoms with Crippen LogP contribution < -0.4 is 15.5 Å². The highest BCUT2D eigenvalue weighted by Gasteiger charge is 2.14. The molecule has 0 fully saturated rings. The first kappa shape index (κ1) is 23.1. The van der Waals surface area contributed by atoms with Crippen molar-refractivity contribution in [3.05, 3.63) is 58.1 Å². The van der Waals surface area contributed by atoms with Crippen LogP contribution in [0.1, 0.15) is 29.3 Å². The fraction of sp³-hybridized carbons (Fsp3) is 0.238. The maximum absolute atomic E-state index is 12.2. The summed E-state index contributed by atoms with van der Waals surface area (Å²) < 4.78 is 11.1. The average molecular weight is 476 g/mol. The molecule has 2 rings (SSSR count). The van der Waals surface area contributed by atoms with Crippen LogP contribution in [0.25, 0.3) is 0 Å². The predicted octanol–water partition coefficient (Wildman–Crippen LogP) is 3.44. The Labute approximate surface area is 182 Å². The zero-order chi connectivity index (χ0) is 22.1. The van der Waals surface area contributed by atoms with Gasteiger partial charge in [-0.3, -0.25) is 9.59 Å². The number of carbonyl (C=O) groups excluding carboxylic acids is 3. The van der Waals surface area contributed by atoms with Crippen molar-refractivity contribution < 1.29 is 23.9 Å². The van der Waals surface area contributed by atoms with E-state index in [1.807, 2.05) is 19.1 Å². The number of amides is 2. The molecule has 158 valence electrons. The predicted molar refractivity (Wildman–Crippen MR) is 117 cm³/mol. The lowest BCUT2D eigenvalue weighted by Gasteiger charge is -2.10. The van der Waals surface area contributed by atoms with Crippen molar-refractivity contribution in [2.75, 3.05) is 19.0 Å². The number of hydrazone groups is 1. The molecule has 0 bridgehead atoms. The third kappa shape index (κ3) is 7.00. The summed E-state index contributed by atoms with van der Waals surface area (Å²) in [5.74, 6) is -0.793. The van der Waals surface area contributed by atoms with Crippen molar-refractivity contribution in [2.45, 2.75) is 20.3 Å². The molecular weight excluding hydrogens is 454 g/mol. The number of methoxy groups -OCH3 is 1. The number of hydrogen-bond donors (Lipinski definition) is 2. The maximum atomic E-state index is 12.2. The zero-order valence-electron chi connectivity index (χ0n) is 16.8. The van der Waals surface area contributed by atoms with Gasteiger partial charge in [-0.15, -0.1) is 0 Å². The molecule has 2 aromatic rings. The van der Waals surface area contributed by atoms with Gasteiger partial charge in [-0.2, -0.15) is 5.10 Å². The molecule has 0 saturated heterocycles. The van der Waals surface area contributed by atoms with Gasteiger partial charge < -0.3 is 14.8 Å². The van der Waals surface area contributed by atoms with Crippen LogP contribution in [0.15, 0.2) is 52.0 Å². The Bertz CT molecular complexity index is 975. The number of nitrogens with one attached hydrogen (secondary N) is 2. The zero-order valence-corrected chi connectivity index (χ0v) is 18.4. The molecule has 0 atom stereocenters. The normalized spacial score (nSPS) is 10.9. The van der Waals surface area contributed by atoms with Gasteiger partial charge in [0.1, 0.15) is 5.75 Å². The molecule has 0 spiro atoms. The summed E-state index contributed by atoms with van der Waals surface area (Å²) in [7, 11) is 1.27. The minimum absolute atomic E-state index is 0.0670. The van der Waals surface area contributed by atoms with Crippen LogP contribution in [0.4, 0.5) is 5.69 Å². The minimum atomic E-state index is -0.551. The molecule has 0 aliphatic rings. The molecule has 0 saturated carbocycles. The Morgan fingerprint density at radius 3 is 2.53 bits per heavy atom. The van der Waals surface area contributed by atoms with Crippen LogP contribution in [-0.4, -0.2) is 37.2 Å². The summed E-state index contributed by atoms with van der Waals surface area (Å²) in [5.41, 5.74) is 4.21. The Hall–Kier alpha value is -3.20. The highest BCUT2D eigenvalue weighted by molar-refractivity contribution is 9.10. The number of anilines is 1. The molecule has 8 nitrogen and oxygen atoms in total. The summed E-state index contributed by atoms with van der Waals surface area (Å²) in [4.78, 5) is 35.9. The average Bonchev–Trinajstić information content (AvgIpc) is 2.71. The van der Waals surface area contributed by atoms with Gasteiger partial charge in [-0.05, 0) is 49.7 Å². The van der Waals surface area contributed by atoms with Gasteiger partial charge in [0.05, 0.1) is 24.8 Å². The molecule has 2 aromatic carbocycles. The van der Waals surface area contributed by atoms with Crippen molar-refractivity contribution in [1.82, 2.24) is 5.43 Å². The van der Waals surface area contributed by atoms with E-state index in [-0.39, 0.29) is 24.5 Å². The number of ether oxygens (including phenoxy) is 2. The highest BCUT2D eigenvalue weighted by atomic mass is 79.9. The van der Waals surface area contributed by atoms with E-state index in [0.29, 0.717) is 17.1 Å². The second-order valence-electron chi connectivity index (χ2n) is 6.34. The van der Waals surface area contributed by atoms with E-state index in [0.717, 1.165) is 10.0 Å². The van der Waals surface area contributed by atoms with Gasteiger partial charge in [-0.1, -0.05) is 28.1 Å². The van der Waals surface area contributed by atoms with E-state index in [1.54, 1.807) is 37.3 Å². The fourth-order valence-electron chi connectivity index (χ4n) is 2.45. The van der Waals surface area contributed by atoms with E-state index in [4.69, 9.17) is 9.47 Å². The maximum Gasteiger partial charge on any atom is 0.339 e. The van der Waals surface area contributed by atoms with Gasteiger partial charge in [-0.25, -0.2) is 10.2 Å². The standard InChI is InChI=1S/C21H22BrN3O5/c1-13-10-15(22)8-9-18(13)30-12-20(27)25-24-14(2)11-19(26)23-17-7-5-4-6-16(17)21(28)29-3/h4-10H,11-12H2,1-3H3,(H,23,26)(H,25,27). The molecule has 0 aliphatic heterocycles. The molecule has 2 N–H and O–H groups in total. The molecule has 0 unspecified atom stereocenters. The molecular formula is C21H22BrN3O5. The smallest absolute Gasteiger partial charge is 0.339 e. The Morgan fingerprint density at radius 1 is 1.10 bits per heavy atom. The van der Waals surface area contributed by atoms with Crippen molar-refractivity contribution in [3.8, 4) is 5.75 Å². The second-order valence-corrected chi connectivity index (χ2v) is 7.26. The lowest BCUT2D eigenvalue weighted by Crippen LogP contribution is -2.26. The lowest BCUT2D eigenvalue weighted by molar-refractivity contribution is -0.123. The fourth-order valence-corrected chi connectivity index (χ4v) is 2.93. The van der Waals surface area contributed by atoms with E-state index < -0.39 is 11.9 Å². The Morgan fingerprint density at radius 2 is 1.83 bits per heavy atom. The largest absolute Gasteiger partial charge is 0.483 e. The first-order valence-electron chi connectivity index (χ1n) is 8.98. The van der Waals surface area contributed by atoms with E-state index >= 15 is 0 Å². The second kappa shape index (κ2) is 11.1. The van der Waals surface area contributed by atoms with Gasteiger partial charge in [0.25, 0.3) is 5.91 Å². The third-order valence-corrected chi connectivity index (χ3v) is 4.38. The van der Waals surface area contributed by atoms with Gasteiger partial charge in [0.2, 0.25) is 5.91 Å². The molecule has 0 aromatic heterocycles. The van der Waals surface area contributed by atoms with Gasteiger partial charge in [0.15, 0.2) is 6.61 Å². The number of hydrogen-bond acceptors (Lipinski definition) is 6. The summed E-state index contributed by atoms with van der Waals surface area (Å²) in [6.45, 7) is 3.26. The van der Waals surface area contributed by atoms with Crippen molar-refractivity contribution in [3.63, 3.8) is 0 Å². The molecule has 9 heteroatoms. The number of carbonyl (C=O) groups is 3. The third-order valence-electron chi connectivity index (χ3n) is 3.89. The molecule has 0 radical (unpaired) electrons. The molecule has 30 heavy (non-hydrogen) atoms. The quantitative estimate of drug-likeness (QED) is 0.345. The van der Waals surface area contributed by atoms with E-state index in [1.165, 1.54) is 7.11 Å². The molecule has 0 heterocycles. The lowest BCUT2D eigenvalue weighted by atomic mass is 10.1. The molecule has 0 aliphatic carbocycles.